The van der Waals surface area contributed by atoms with Crippen molar-refractivity contribution in [3.8, 4) is 0 Å². The first kappa shape index (κ1) is 15.4. The molecule has 7 heteroatoms. The molecule has 0 unspecified atom stereocenters. The minimum Gasteiger partial charge on any atom is -0.355 e. The molecule has 0 spiro atoms. The van der Waals surface area contributed by atoms with Crippen molar-refractivity contribution in [1.82, 2.24) is 10.6 Å². The summed E-state index contributed by atoms with van der Waals surface area (Å²) in [5, 5.41) is 5.09. The van der Waals surface area contributed by atoms with Crippen molar-refractivity contribution < 1.29 is 22.4 Å². The minimum absolute atomic E-state index is 0.0947. The van der Waals surface area contributed by atoms with Crippen LogP contribution in [0.25, 0.3) is 0 Å². The molecule has 106 valence electrons. The van der Waals surface area contributed by atoms with Gasteiger partial charge in [0.15, 0.2) is 0 Å². The van der Waals surface area contributed by atoms with Crippen LogP contribution in [0.4, 0.5) is 17.6 Å². The Morgan fingerprint density at radius 3 is 2.58 bits per heavy atom. The van der Waals surface area contributed by atoms with Gasteiger partial charge in [-0.15, -0.1) is 0 Å². The minimum atomic E-state index is -4.62. The van der Waals surface area contributed by atoms with E-state index in [1.807, 2.05) is 0 Å². The number of hydrogen-bond donors (Lipinski definition) is 2. The van der Waals surface area contributed by atoms with Gasteiger partial charge >= 0.3 is 6.18 Å². The summed E-state index contributed by atoms with van der Waals surface area (Å²) in [5.41, 5.74) is -1.13. The molecule has 0 saturated heterocycles. The summed E-state index contributed by atoms with van der Waals surface area (Å²) in [6.07, 6.45) is -4.62. The van der Waals surface area contributed by atoms with Crippen LogP contribution < -0.4 is 10.6 Å². The number of amides is 1. The van der Waals surface area contributed by atoms with E-state index >= 15 is 0 Å². The summed E-state index contributed by atoms with van der Waals surface area (Å²) >= 11 is 0. The van der Waals surface area contributed by atoms with E-state index in [1.165, 1.54) is 0 Å². The third kappa shape index (κ3) is 4.86. The Labute approximate surface area is 108 Å². The lowest BCUT2D eigenvalue weighted by Crippen LogP contribution is -2.33. The van der Waals surface area contributed by atoms with Gasteiger partial charge in [-0.25, -0.2) is 4.39 Å². The van der Waals surface area contributed by atoms with Gasteiger partial charge in [0.25, 0.3) is 0 Å². The zero-order valence-electron chi connectivity index (χ0n) is 10.3. The molecule has 0 atom stereocenters. The lowest BCUT2D eigenvalue weighted by Gasteiger charge is -2.13. The van der Waals surface area contributed by atoms with Gasteiger partial charge in [-0.1, -0.05) is 6.07 Å². The molecule has 1 rings (SSSR count). The van der Waals surface area contributed by atoms with E-state index in [9.17, 15) is 22.4 Å². The number of likely N-dealkylation sites (N-methyl/N-ethyl adjacent to an activating group) is 1. The Morgan fingerprint density at radius 1 is 1.32 bits per heavy atom. The van der Waals surface area contributed by atoms with Gasteiger partial charge in [0.1, 0.15) is 5.82 Å². The number of alkyl halides is 3. The Kier molecular flexibility index (Phi) is 5.29. The normalized spacial score (nSPS) is 11.4. The lowest BCUT2D eigenvalue weighted by molar-refractivity contribution is -0.138. The van der Waals surface area contributed by atoms with Crippen LogP contribution in [0.5, 0.6) is 0 Å². The number of halogens is 4. The standard InChI is InChI=1S/C12H14F4N2O/c1-2-18-11(19)7-17-6-8-3-4-9(13)5-10(8)12(14,15)16/h3-5,17H,2,6-7H2,1H3,(H,18,19). The maximum absolute atomic E-state index is 12.8. The molecule has 0 aliphatic rings. The smallest absolute Gasteiger partial charge is 0.355 e. The molecule has 2 N–H and O–H groups in total. The van der Waals surface area contributed by atoms with Crippen LogP contribution in [-0.4, -0.2) is 19.0 Å². The highest BCUT2D eigenvalue weighted by molar-refractivity contribution is 5.77. The topological polar surface area (TPSA) is 41.1 Å². The fourth-order valence-electron chi connectivity index (χ4n) is 1.54. The summed E-state index contributed by atoms with van der Waals surface area (Å²) < 4.78 is 50.8. The van der Waals surface area contributed by atoms with Gasteiger partial charge in [-0.3, -0.25) is 4.79 Å². The second kappa shape index (κ2) is 6.51. The first-order valence-electron chi connectivity index (χ1n) is 5.67. The Morgan fingerprint density at radius 2 is 2.00 bits per heavy atom. The molecular formula is C12H14F4N2O. The van der Waals surface area contributed by atoms with Crippen LogP contribution in [-0.2, 0) is 17.5 Å². The van der Waals surface area contributed by atoms with Crippen LogP contribution in [0.2, 0.25) is 0 Å². The van der Waals surface area contributed by atoms with Crippen molar-refractivity contribution in [3.63, 3.8) is 0 Å². The summed E-state index contributed by atoms with van der Waals surface area (Å²) in [6, 6.07) is 2.46. The molecule has 1 amide bonds. The molecule has 3 nitrogen and oxygen atoms in total. The molecule has 0 radical (unpaired) electrons. The molecule has 0 aromatic heterocycles. The molecule has 0 aliphatic carbocycles. The highest BCUT2D eigenvalue weighted by Crippen LogP contribution is 2.32. The third-order valence-corrected chi connectivity index (χ3v) is 2.35. The van der Waals surface area contributed by atoms with E-state index in [-0.39, 0.29) is 24.6 Å². The van der Waals surface area contributed by atoms with E-state index in [2.05, 4.69) is 10.6 Å². The number of benzene rings is 1. The second-order valence-electron chi connectivity index (χ2n) is 3.86. The van der Waals surface area contributed by atoms with E-state index in [4.69, 9.17) is 0 Å². The molecule has 0 heterocycles. The molecule has 0 fully saturated rings. The van der Waals surface area contributed by atoms with Gasteiger partial charge in [-0.2, -0.15) is 13.2 Å². The average Bonchev–Trinajstić information content (AvgIpc) is 2.30. The maximum Gasteiger partial charge on any atom is 0.416 e. The average molecular weight is 278 g/mol. The van der Waals surface area contributed by atoms with Crippen molar-refractivity contribution in [3.05, 3.63) is 35.1 Å². The van der Waals surface area contributed by atoms with Crippen molar-refractivity contribution in [1.29, 1.82) is 0 Å². The SMILES string of the molecule is CCNC(=O)CNCc1ccc(F)cc1C(F)(F)F. The first-order valence-corrected chi connectivity index (χ1v) is 5.67. The molecule has 19 heavy (non-hydrogen) atoms. The predicted molar refractivity (Wildman–Crippen MR) is 61.8 cm³/mol. The summed E-state index contributed by atoms with van der Waals surface area (Å²) in [5.74, 6) is -1.25. The molecular weight excluding hydrogens is 264 g/mol. The number of carbonyl (C=O) groups is 1. The molecule has 0 aliphatic heterocycles. The summed E-state index contributed by atoms with van der Waals surface area (Å²) in [7, 11) is 0. The van der Waals surface area contributed by atoms with Crippen molar-refractivity contribution >= 4 is 5.91 Å². The maximum atomic E-state index is 12.8. The monoisotopic (exact) mass is 278 g/mol. The second-order valence-corrected chi connectivity index (χ2v) is 3.86. The largest absolute Gasteiger partial charge is 0.416 e. The fraction of sp³-hybridized carbons (Fsp3) is 0.417. The number of hydrogen-bond acceptors (Lipinski definition) is 2. The lowest BCUT2D eigenvalue weighted by atomic mass is 10.1. The number of carbonyl (C=O) groups excluding carboxylic acids is 1. The number of nitrogens with one attached hydrogen (secondary N) is 2. The van der Waals surface area contributed by atoms with Gasteiger partial charge in [0.05, 0.1) is 12.1 Å². The quantitative estimate of drug-likeness (QED) is 0.810. The van der Waals surface area contributed by atoms with E-state index < -0.39 is 17.6 Å². The first-order chi connectivity index (χ1) is 8.84. The van der Waals surface area contributed by atoms with Crippen LogP contribution in [0, 0.1) is 5.82 Å². The highest BCUT2D eigenvalue weighted by atomic mass is 19.4. The fourth-order valence-corrected chi connectivity index (χ4v) is 1.54. The molecule has 0 bridgehead atoms. The van der Waals surface area contributed by atoms with Gasteiger partial charge < -0.3 is 10.6 Å². The van der Waals surface area contributed by atoms with Gasteiger partial charge in [-0.05, 0) is 24.6 Å². The van der Waals surface area contributed by atoms with Crippen molar-refractivity contribution in [2.75, 3.05) is 13.1 Å². The zero-order valence-corrected chi connectivity index (χ0v) is 10.3. The summed E-state index contributed by atoms with van der Waals surface area (Å²) in [4.78, 5) is 11.1. The van der Waals surface area contributed by atoms with Crippen molar-refractivity contribution in [2.24, 2.45) is 0 Å². The summed E-state index contributed by atoms with van der Waals surface area (Å²) in [6.45, 7) is 1.93. The highest BCUT2D eigenvalue weighted by Gasteiger charge is 2.33. The molecule has 0 saturated carbocycles. The van der Waals surface area contributed by atoms with Gasteiger partial charge in [0, 0.05) is 13.1 Å². The van der Waals surface area contributed by atoms with Crippen LogP contribution in [0.1, 0.15) is 18.1 Å². The van der Waals surface area contributed by atoms with Crippen LogP contribution in [0.3, 0.4) is 0 Å². The van der Waals surface area contributed by atoms with E-state index in [0.29, 0.717) is 12.6 Å². The molecule has 1 aromatic carbocycles. The van der Waals surface area contributed by atoms with Gasteiger partial charge in [0.2, 0.25) is 5.91 Å². The van der Waals surface area contributed by atoms with Crippen LogP contribution in [0.15, 0.2) is 18.2 Å². The molecule has 1 aromatic rings. The third-order valence-electron chi connectivity index (χ3n) is 2.35. The predicted octanol–water partition coefficient (Wildman–Crippen LogP) is 2.07. The Hall–Kier alpha value is -1.63. The van der Waals surface area contributed by atoms with Crippen LogP contribution >= 0.6 is 0 Å². The van der Waals surface area contributed by atoms with E-state index in [1.54, 1.807) is 6.92 Å². The van der Waals surface area contributed by atoms with Crippen molar-refractivity contribution in [2.45, 2.75) is 19.6 Å². The Balaban J connectivity index is 2.71. The zero-order chi connectivity index (χ0) is 14.5. The number of rotatable bonds is 5. The Bertz CT molecular complexity index is 446. The van der Waals surface area contributed by atoms with E-state index in [0.717, 1.165) is 12.1 Å².